The first kappa shape index (κ1) is 36.5. The topological polar surface area (TPSA) is 157 Å². The minimum atomic E-state index is -2.85. The second-order valence-corrected chi connectivity index (χ2v) is 15.2. The fourth-order valence-corrected chi connectivity index (χ4v) is 8.76. The van der Waals surface area contributed by atoms with Gasteiger partial charge in [-0.2, -0.15) is 10.2 Å². The number of fused-ring (bicyclic) bond motifs is 2. The van der Waals surface area contributed by atoms with Crippen LogP contribution in [0.3, 0.4) is 0 Å². The lowest BCUT2D eigenvalue weighted by Gasteiger charge is -2.40. The summed E-state index contributed by atoms with van der Waals surface area (Å²) in [6, 6.07) is 7.20. The maximum atomic E-state index is 14.1. The van der Waals surface area contributed by atoms with Crippen molar-refractivity contribution in [3.63, 3.8) is 0 Å². The molecule has 1 atom stereocenters. The molecule has 1 saturated carbocycles. The Bertz CT molecular complexity index is 2330. The summed E-state index contributed by atoms with van der Waals surface area (Å²) in [6.45, 7) is 4.37. The summed E-state index contributed by atoms with van der Waals surface area (Å²) in [5.41, 5.74) is 2.94. The van der Waals surface area contributed by atoms with E-state index in [2.05, 4.69) is 42.7 Å². The summed E-state index contributed by atoms with van der Waals surface area (Å²) in [7, 11) is 3.91. The fourth-order valence-electron chi connectivity index (χ4n) is 8.76. The van der Waals surface area contributed by atoms with Gasteiger partial charge in [-0.05, 0) is 83.0 Å². The molecular weight excluding hydrogens is 712 g/mol. The van der Waals surface area contributed by atoms with Crippen molar-refractivity contribution < 1.29 is 23.2 Å². The van der Waals surface area contributed by atoms with Gasteiger partial charge in [0.15, 0.2) is 11.3 Å². The number of halogens is 2. The molecule has 2 aliphatic heterocycles. The molecule has 5 aromatic rings. The lowest BCUT2D eigenvalue weighted by molar-refractivity contribution is -0.135. The van der Waals surface area contributed by atoms with Crippen LogP contribution >= 0.6 is 0 Å². The predicted molar refractivity (Wildman–Crippen MR) is 200 cm³/mol. The zero-order valence-electron chi connectivity index (χ0n) is 31.1. The molecule has 6 heterocycles. The number of anilines is 2. The molecule has 0 spiro atoms. The number of hydrogen-bond acceptors (Lipinski definition) is 9. The monoisotopic (exact) mass is 757 g/mol. The van der Waals surface area contributed by atoms with Gasteiger partial charge in [0.25, 0.3) is 12.3 Å². The highest BCUT2D eigenvalue weighted by Gasteiger charge is 2.34. The molecule has 15 nitrogen and oxygen atoms in total. The Balaban J connectivity index is 0.869. The molecule has 0 radical (unpaired) electrons. The number of amides is 3. The molecule has 1 aromatic carbocycles. The number of imide groups is 1. The molecule has 17 heteroatoms. The van der Waals surface area contributed by atoms with Gasteiger partial charge in [-0.3, -0.25) is 33.5 Å². The molecule has 1 aliphatic carbocycles. The number of imidazole rings is 1. The standard InChI is InChI=1S/C38H45F2N11O4/c1-22-13-18-49-35(42-22)26(19-41-49)36(53)43-27-21-50(45-32(27)34(39)40)25-9-7-23(8-10-25)20-46(2)24-14-16-48(17-15-24)28-5-4-6-29-33(28)47(3)38(55)51(29)30-11-12-31(52)44-37(30)54/h4-6,13,18-19,21,23-25,30,34H,7-12,14-17,20H2,1-3H3,(H,43,53)(H,44,52,54)/t23-,25-,30?. The molecule has 1 unspecified atom stereocenters. The molecule has 290 valence electrons. The second-order valence-electron chi connectivity index (χ2n) is 15.2. The van der Waals surface area contributed by atoms with Gasteiger partial charge in [-0.1, -0.05) is 6.07 Å². The first-order chi connectivity index (χ1) is 26.5. The minimum absolute atomic E-state index is 0.00875. The van der Waals surface area contributed by atoms with E-state index in [0.29, 0.717) is 35.2 Å². The Labute approximate surface area is 315 Å². The van der Waals surface area contributed by atoms with Crippen LogP contribution in [-0.2, 0) is 16.6 Å². The van der Waals surface area contributed by atoms with Gasteiger partial charge < -0.3 is 15.1 Å². The summed E-state index contributed by atoms with van der Waals surface area (Å²) in [5.74, 6) is -0.869. The van der Waals surface area contributed by atoms with Gasteiger partial charge >= 0.3 is 5.69 Å². The molecule has 8 rings (SSSR count). The fraction of sp³-hybridized carbons (Fsp3) is 0.500. The highest BCUT2D eigenvalue weighted by molar-refractivity contribution is 6.08. The van der Waals surface area contributed by atoms with E-state index in [4.69, 9.17) is 0 Å². The summed E-state index contributed by atoms with van der Waals surface area (Å²) >= 11 is 0. The van der Waals surface area contributed by atoms with Crippen LogP contribution in [0, 0.1) is 12.8 Å². The van der Waals surface area contributed by atoms with Crippen molar-refractivity contribution in [3.8, 4) is 0 Å². The van der Waals surface area contributed by atoms with Crippen LogP contribution in [0.15, 0.2) is 47.7 Å². The number of benzene rings is 1. The summed E-state index contributed by atoms with van der Waals surface area (Å²) in [5, 5.41) is 13.4. The van der Waals surface area contributed by atoms with Crippen LogP contribution in [0.25, 0.3) is 16.7 Å². The number of aromatic nitrogens is 7. The third kappa shape index (κ3) is 6.89. The van der Waals surface area contributed by atoms with Crippen LogP contribution in [-0.4, -0.2) is 88.9 Å². The van der Waals surface area contributed by atoms with Gasteiger partial charge in [-0.25, -0.2) is 23.1 Å². The van der Waals surface area contributed by atoms with Gasteiger partial charge in [0, 0.05) is 57.2 Å². The van der Waals surface area contributed by atoms with Crippen molar-refractivity contribution in [2.45, 2.75) is 82.8 Å². The van der Waals surface area contributed by atoms with E-state index in [9.17, 15) is 28.0 Å². The molecule has 55 heavy (non-hydrogen) atoms. The second kappa shape index (κ2) is 14.7. The molecule has 3 fully saturated rings. The quantitative estimate of drug-likeness (QED) is 0.208. The molecule has 3 aliphatic rings. The number of alkyl halides is 2. The zero-order valence-corrected chi connectivity index (χ0v) is 31.1. The Morgan fingerprint density at radius 3 is 2.55 bits per heavy atom. The Morgan fingerprint density at radius 1 is 1.05 bits per heavy atom. The zero-order chi connectivity index (χ0) is 38.5. The van der Waals surface area contributed by atoms with Crippen molar-refractivity contribution in [2.24, 2.45) is 13.0 Å². The Hall–Kier alpha value is -5.45. The van der Waals surface area contributed by atoms with Crippen LogP contribution in [0.4, 0.5) is 20.2 Å². The molecular formula is C38H45F2N11O4. The minimum Gasteiger partial charge on any atom is -0.370 e. The van der Waals surface area contributed by atoms with Crippen molar-refractivity contribution in [2.75, 3.05) is 36.9 Å². The van der Waals surface area contributed by atoms with Crippen molar-refractivity contribution >= 4 is 45.8 Å². The smallest absolute Gasteiger partial charge is 0.329 e. The van der Waals surface area contributed by atoms with Crippen molar-refractivity contribution in [1.29, 1.82) is 0 Å². The van der Waals surface area contributed by atoms with Crippen molar-refractivity contribution in [1.82, 2.24) is 43.7 Å². The molecule has 2 N–H and O–H groups in total. The maximum absolute atomic E-state index is 14.1. The third-order valence-corrected chi connectivity index (χ3v) is 11.7. The highest BCUT2D eigenvalue weighted by Crippen LogP contribution is 2.37. The number of para-hydroxylation sites is 1. The van der Waals surface area contributed by atoms with Gasteiger partial charge in [0.05, 0.1) is 34.6 Å². The molecule has 4 aromatic heterocycles. The van der Waals surface area contributed by atoms with E-state index in [1.807, 2.05) is 18.2 Å². The van der Waals surface area contributed by atoms with E-state index in [0.717, 1.165) is 69.4 Å². The lowest BCUT2D eigenvalue weighted by Crippen LogP contribution is -2.45. The summed E-state index contributed by atoms with van der Waals surface area (Å²) < 4.78 is 34.4. The van der Waals surface area contributed by atoms with E-state index >= 15 is 0 Å². The number of piperidine rings is 2. The van der Waals surface area contributed by atoms with Crippen LogP contribution < -0.4 is 21.2 Å². The molecule has 3 amide bonds. The largest absolute Gasteiger partial charge is 0.370 e. The number of nitrogens with zero attached hydrogens (tertiary/aromatic N) is 9. The number of carbonyl (C=O) groups excluding carboxylic acids is 3. The Kier molecular flexibility index (Phi) is 9.73. The average molecular weight is 758 g/mol. The summed E-state index contributed by atoms with van der Waals surface area (Å²) in [4.78, 5) is 60.2. The normalized spacial score (nSPS) is 21.3. The molecule has 2 saturated heterocycles. The Morgan fingerprint density at radius 2 is 1.82 bits per heavy atom. The maximum Gasteiger partial charge on any atom is 0.329 e. The van der Waals surface area contributed by atoms with Crippen LogP contribution in [0.5, 0.6) is 0 Å². The van der Waals surface area contributed by atoms with E-state index < -0.39 is 30.0 Å². The summed E-state index contributed by atoms with van der Waals surface area (Å²) in [6.07, 6.45) is 7.60. The van der Waals surface area contributed by atoms with Crippen molar-refractivity contribution in [3.05, 3.63) is 70.3 Å². The number of nitrogens with one attached hydrogen (secondary N) is 2. The first-order valence-corrected chi connectivity index (χ1v) is 18.9. The van der Waals surface area contributed by atoms with Gasteiger partial charge in [-0.15, -0.1) is 0 Å². The number of carbonyl (C=O) groups is 3. The van der Waals surface area contributed by atoms with E-state index in [1.54, 1.807) is 35.5 Å². The SMILES string of the molecule is Cc1ccn2ncc(C(=O)Nc3cn([C@H]4CC[C@H](CN(C)C5CCN(c6cccc7c6n(C)c(=O)n7C6CCC(=O)NC6=O)CC5)CC4)nc3C(F)F)c2n1. The first-order valence-electron chi connectivity index (χ1n) is 18.9. The third-order valence-electron chi connectivity index (χ3n) is 11.7. The number of rotatable bonds is 9. The van der Waals surface area contributed by atoms with Gasteiger partial charge in [0.2, 0.25) is 11.8 Å². The predicted octanol–water partition coefficient (Wildman–Crippen LogP) is 4.39. The average Bonchev–Trinajstić information content (AvgIpc) is 3.86. The number of hydrogen-bond donors (Lipinski definition) is 2. The highest BCUT2D eigenvalue weighted by atomic mass is 19.3. The van der Waals surface area contributed by atoms with E-state index in [1.165, 1.54) is 21.5 Å². The lowest BCUT2D eigenvalue weighted by atomic mass is 9.85. The number of aryl methyl sites for hydroxylation is 2. The van der Waals surface area contributed by atoms with E-state index in [-0.39, 0.29) is 35.3 Å². The van der Waals surface area contributed by atoms with Crippen LogP contribution in [0.1, 0.15) is 91.6 Å². The van der Waals surface area contributed by atoms with Gasteiger partial charge in [0.1, 0.15) is 11.6 Å². The van der Waals surface area contributed by atoms with Crippen LogP contribution in [0.2, 0.25) is 0 Å². The molecule has 0 bridgehead atoms.